The summed E-state index contributed by atoms with van der Waals surface area (Å²) in [6.07, 6.45) is 0.443. The molecule has 0 spiro atoms. The van der Waals surface area contributed by atoms with Crippen LogP contribution in [0.3, 0.4) is 0 Å². The van der Waals surface area contributed by atoms with Gasteiger partial charge in [0.2, 0.25) is 10.0 Å². The molecular weight excluding hydrogens is 583 g/mol. The number of hydrogen-bond donors (Lipinski definition) is 1. The summed E-state index contributed by atoms with van der Waals surface area (Å²) in [5.41, 5.74) is 2.16. The summed E-state index contributed by atoms with van der Waals surface area (Å²) in [6, 6.07) is 14.9. The zero-order chi connectivity index (χ0) is 24.6. The molecular formula is C22H15Cl6N3O2S. The molecule has 3 aromatic rings. The lowest BCUT2D eigenvalue weighted by atomic mass is 10.0. The van der Waals surface area contributed by atoms with Gasteiger partial charge in [0.05, 0.1) is 44.1 Å². The molecule has 1 heterocycles. The molecule has 178 valence electrons. The fourth-order valence-electron chi connectivity index (χ4n) is 3.48. The summed E-state index contributed by atoms with van der Waals surface area (Å²) >= 11 is 36.6. The van der Waals surface area contributed by atoms with Crippen molar-refractivity contribution in [2.24, 2.45) is 5.10 Å². The van der Waals surface area contributed by atoms with Crippen molar-refractivity contribution in [2.75, 3.05) is 11.6 Å². The highest BCUT2D eigenvalue weighted by atomic mass is 35.5. The highest BCUT2D eigenvalue weighted by Gasteiger charge is 2.31. The lowest BCUT2D eigenvalue weighted by Gasteiger charge is -2.25. The Labute approximate surface area is 227 Å². The SMILES string of the molecule is O=S(=O)(NCC1=NN(c2ccc(Cl)cc2Cl)C(c2ccc(Cl)cc2)C1)c1ccc(Cl)c(Cl)c1Cl. The predicted octanol–water partition coefficient (Wildman–Crippen LogP) is 7.89. The highest BCUT2D eigenvalue weighted by Crippen LogP contribution is 2.40. The third-order valence-electron chi connectivity index (χ3n) is 5.14. The molecule has 0 saturated heterocycles. The number of sulfonamides is 1. The summed E-state index contributed by atoms with van der Waals surface area (Å²) in [6.45, 7) is -0.0509. The molecule has 3 aromatic carbocycles. The number of rotatable bonds is 6. The highest BCUT2D eigenvalue weighted by molar-refractivity contribution is 7.89. The number of benzene rings is 3. The normalized spacial score (nSPS) is 16.1. The van der Waals surface area contributed by atoms with Crippen molar-refractivity contribution in [3.05, 3.63) is 90.3 Å². The Balaban J connectivity index is 1.63. The van der Waals surface area contributed by atoms with Gasteiger partial charge in [-0.3, -0.25) is 5.01 Å². The maximum atomic E-state index is 12.9. The smallest absolute Gasteiger partial charge is 0.242 e. The number of hydrazone groups is 1. The van der Waals surface area contributed by atoms with Gasteiger partial charge in [-0.1, -0.05) is 81.7 Å². The first-order valence-electron chi connectivity index (χ1n) is 9.76. The quantitative estimate of drug-likeness (QED) is 0.294. The molecule has 0 aliphatic carbocycles. The van der Waals surface area contributed by atoms with E-state index in [0.717, 1.165) is 5.56 Å². The molecule has 0 radical (unpaired) electrons. The van der Waals surface area contributed by atoms with Crippen molar-refractivity contribution < 1.29 is 8.42 Å². The van der Waals surface area contributed by atoms with E-state index in [-0.39, 0.29) is 32.5 Å². The molecule has 34 heavy (non-hydrogen) atoms. The zero-order valence-corrected chi connectivity index (χ0v) is 22.4. The standard InChI is InChI=1S/C22H15Cl6N3O2S/c23-13-3-1-12(2-4-13)19-10-15(30-31(19)18-7-5-14(24)9-17(18)26)11-29-34(32,33)20-8-6-16(25)21(27)22(20)28/h1-9,19,29H,10-11H2. The maximum Gasteiger partial charge on any atom is 0.242 e. The van der Waals surface area contributed by atoms with Gasteiger partial charge in [0.15, 0.2) is 0 Å². The van der Waals surface area contributed by atoms with Gasteiger partial charge in [-0.15, -0.1) is 0 Å². The van der Waals surface area contributed by atoms with Gasteiger partial charge in [0, 0.05) is 16.5 Å². The Morgan fingerprint density at radius 3 is 2.21 bits per heavy atom. The fourth-order valence-corrected chi connectivity index (χ4v) is 6.10. The Bertz CT molecular complexity index is 1380. The van der Waals surface area contributed by atoms with E-state index >= 15 is 0 Å². The third kappa shape index (κ3) is 5.45. The van der Waals surface area contributed by atoms with E-state index in [1.807, 2.05) is 12.1 Å². The zero-order valence-electron chi connectivity index (χ0n) is 17.1. The molecule has 12 heteroatoms. The summed E-state index contributed by atoms with van der Waals surface area (Å²) in [4.78, 5) is -0.172. The van der Waals surface area contributed by atoms with Crippen LogP contribution in [0.2, 0.25) is 30.1 Å². The van der Waals surface area contributed by atoms with E-state index < -0.39 is 10.0 Å². The van der Waals surface area contributed by atoms with Gasteiger partial charge in [0.25, 0.3) is 0 Å². The first-order chi connectivity index (χ1) is 16.1. The minimum Gasteiger partial charge on any atom is -0.256 e. The van der Waals surface area contributed by atoms with Crippen LogP contribution in [0.25, 0.3) is 0 Å². The Morgan fingerprint density at radius 2 is 1.53 bits per heavy atom. The van der Waals surface area contributed by atoms with Crippen molar-refractivity contribution >= 4 is 91.0 Å². The minimum absolute atomic E-state index is 0.0317. The monoisotopic (exact) mass is 595 g/mol. The Kier molecular flexibility index (Phi) is 7.92. The van der Waals surface area contributed by atoms with Crippen molar-refractivity contribution in [1.29, 1.82) is 0 Å². The Morgan fingerprint density at radius 1 is 0.853 bits per heavy atom. The molecule has 1 atom stereocenters. The largest absolute Gasteiger partial charge is 0.256 e. The minimum atomic E-state index is -3.99. The van der Waals surface area contributed by atoms with Crippen LogP contribution in [-0.4, -0.2) is 20.7 Å². The summed E-state index contributed by atoms with van der Waals surface area (Å²) in [5, 5.41) is 7.90. The van der Waals surface area contributed by atoms with E-state index in [1.165, 1.54) is 12.1 Å². The number of halogens is 6. The molecule has 0 fully saturated rings. The second kappa shape index (κ2) is 10.4. The summed E-state index contributed by atoms with van der Waals surface area (Å²) < 4.78 is 28.3. The molecule has 0 bridgehead atoms. The van der Waals surface area contributed by atoms with Gasteiger partial charge >= 0.3 is 0 Å². The molecule has 1 N–H and O–H groups in total. The first-order valence-corrected chi connectivity index (χ1v) is 13.5. The molecule has 4 rings (SSSR count). The van der Waals surface area contributed by atoms with E-state index in [2.05, 4.69) is 9.82 Å². The van der Waals surface area contributed by atoms with Crippen molar-refractivity contribution in [2.45, 2.75) is 17.4 Å². The molecule has 5 nitrogen and oxygen atoms in total. The van der Waals surface area contributed by atoms with E-state index in [0.29, 0.717) is 32.9 Å². The summed E-state index contributed by atoms with van der Waals surface area (Å²) in [7, 11) is -3.99. The van der Waals surface area contributed by atoms with E-state index in [9.17, 15) is 8.42 Å². The lowest BCUT2D eigenvalue weighted by molar-refractivity contribution is 0.586. The van der Waals surface area contributed by atoms with E-state index in [4.69, 9.17) is 69.6 Å². The topological polar surface area (TPSA) is 61.8 Å². The van der Waals surface area contributed by atoms with Crippen LogP contribution in [0.4, 0.5) is 5.69 Å². The van der Waals surface area contributed by atoms with Crippen molar-refractivity contribution in [3.8, 4) is 0 Å². The Hall–Kier alpha value is -1.22. The van der Waals surface area contributed by atoms with Gasteiger partial charge < -0.3 is 0 Å². The molecule has 1 aliphatic rings. The van der Waals surface area contributed by atoms with Crippen LogP contribution >= 0.6 is 69.6 Å². The maximum absolute atomic E-state index is 12.9. The third-order valence-corrected chi connectivity index (χ3v) is 8.78. The van der Waals surface area contributed by atoms with Gasteiger partial charge in [-0.25, -0.2) is 13.1 Å². The van der Waals surface area contributed by atoms with Crippen LogP contribution < -0.4 is 9.73 Å². The van der Waals surface area contributed by atoms with Crippen LogP contribution in [-0.2, 0) is 10.0 Å². The van der Waals surface area contributed by atoms with Crippen molar-refractivity contribution in [1.82, 2.24) is 4.72 Å². The van der Waals surface area contributed by atoms with Crippen molar-refractivity contribution in [3.63, 3.8) is 0 Å². The predicted molar refractivity (Wildman–Crippen MR) is 142 cm³/mol. The van der Waals surface area contributed by atoms with Crippen LogP contribution in [0.15, 0.2) is 64.6 Å². The number of nitrogens with one attached hydrogen (secondary N) is 1. The van der Waals surface area contributed by atoms with Crippen LogP contribution in [0.1, 0.15) is 18.0 Å². The van der Waals surface area contributed by atoms with E-state index in [1.54, 1.807) is 35.3 Å². The fraction of sp³-hybridized carbons (Fsp3) is 0.136. The number of nitrogens with zero attached hydrogens (tertiary/aromatic N) is 2. The molecule has 1 aliphatic heterocycles. The van der Waals surface area contributed by atoms with Crippen LogP contribution in [0.5, 0.6) is 0 Å². The van der Waals surface area contributed by atoms with Gasteiger partial charge in [-0.05, 0) is 48.0 Å². The average Bonchev–Trinajstić information content (AvgIpc) is 3.20. The average molecular weight is 598 g/mol. The molecule has 0 amide bonds. The lowest BCUT2D eigenvalue weighted by Crippen LogP contribution is -2.29. The second-order valence-electron chi connectivity index (χ2n) is 7.38. The molecule has 1 unspecified atom stereocenters. The van der Waals surface area contributed by atoms with Crippen LogP contribution in [0, 0.1) is 0 Å². The van der Waals surface area contributed by atoms with Gasteiger partial charge in [0.1, 0.15) is 4.90 Å². The molecule has 0 aromatic heterocycles. The first kappa shape index (κ1) is 25.9. The summed E-state index contributed by atoms with van der Waals surface area (Å²) in [5.74, 6) is 0. The molecule has 0 saturated carbocycles. The number of hydrogen-bond acceptors (Lipinski definition) is 4. The number of anilines is 1. The second-order valence-corrected chi connectivity index (χ2v) is 11.6. The van der Waals surface area contributed by atoms with Gasteiger partial charge in [-0.2, -0.15) is 5.10 Å².